The third-order valence-corrected chi connectivity index (χ3v) is 5.36. The second-order valence-corrected chi connectivity index (χ2v) is 7.61. The van der Waals surface area contributed by atoms with Gasteiger partial charge in [-0.15, -0.1) is 0 Å². The lowest BCUT2D eigenvalue weighted by atomic mass is 10.1. The molecule has 0 aromatic heterocycles. The molecule has 6 heteroatoms. The van der Waals surface area contributed by atoms with Crippen LogP contribution in [0.2, 0.25) is 0 Å². The van der Waals surface area contributed by atoms with Crippen LogP contribution in [0.3, 0.4) is 0 Å². The second-order valence-electron chi connectivity index (χ2n) is 7.61. The minimum Gasteiger partial charge on any atom is -0.454 e. The number of nitrogens with zero attached hydrogens (tertiary/aromatic N) is 2. The highest BCUT2D eigenvalue weighted by Crippen LogP contribution is 2.32. The lowest BCUT2D eigenvalue weighted by molar-refractivity contribution is 0.174. The summed E-state index contributed by atoms with van der Waals surface area (Å²) in [5.74, 6) is 2.01. The number of fused-ring (bicyclic) bond motifs is 1. The van der Waals surface area contributed by atoms with Gasteiger partial charge in [0.25, 0.3) is 0 Å². The van der Waals surface area contributed by atoms with Crippen LogP contribution in [0.1, 0.15) is 17.5 Å². The molecule has 0 saturated carbocycles. The van der Waals surface area contributed by atoms with Crippen molar-refractivity contribution in [3.63, 3.8) is 0 Å². The van der Waals surface area contributed by atoms with Gasteiger partial charge in [-0.3, -0.25) is 4.90 Å². The van der Waals surface area contributed by atoms with Crippen LogP contribution in [-0.2, 0) is 13.1 Å². The van der Waals surface area contributed by atoms with E-state index < -0.39 is 0 Å². The lowest BCUT2D eigenvalue weighted by Crippen LogP contribution is -2.39. The van der Waals surface area contributed by atoms with E-state index in [4.69, 9.17) is 9.47 Å². The van der Waals surface area contributed by atoms with E-state index in [9.17, 15) is 4.79 Å². The average Bonchev–Trinajstić information content (AvgIpc) is 3.35. The quantitative estimate of drug-likeness (QED) is 0.836. The zero-order valence-corrected chi connectivity index (χ0v) is 16.3. The summed E-state index contributed by atoms with van der Waals surface area (Å²) in [7, 11) is 1.82. The molecule has 0 bridgehead atoms. The van der Waals surface area contributed by atoms with Crippen LogP contribution in [0.5, 0.6) is 11.5 Å². The molecule has 2 amide bonds. The van der Waals surface area contributed by atoms with Crippen molar-refractivity contribution in [2.24, 2.45) is 5.92 Å². The van der Waals surface area contributed by atoms with Crippen molar-refractivity contribution in [2.75, 3.05) is 33.5 Å². The zero-order valence-electron chi connectivity index (χ0n) is 16.3. The minimum atomic E-state index is -0.0424. The van der Waals surface area contributed by atoms with Crippen LogP contribution in [0, 0.1) is 5.92 Å². The van der Waals surface area contributed by atoms with Crippen molar-refractivity contribution < 1.29 is 14.3 Å². The van der Waals surface area contributed by atoms with E-state index in [1.165, 1.54) is 5.56 Å². The number of hydrogen-bond donors (Lipinski definition) is 1. The van der Waals surface area contributed by atoms with Crippen molar-refractivity contribution in [3.8, 4) is 11.5 Å². The van der Waals surface area contributed by atoms with Crippen LogP contribution >= 0.6 is 0 Å². The summed E-state index contributed by atoms with van der Waals surface area (Å²) < 4.78 is 10.7. The van der Waals surface area contributed by atoms with E-state index in [1.807, 2.05) is 31.3 Å². The first kappa shape index (κ1) is 18.6. The van der Waals surface area contributed by atoms with Gasteiger partial charge in [0.2, 0.25) is 6.79 Å². The summed E-state index contributed by atoms with van der Waals surface area (Å²) in [4.78, 5) is 16.6. The first-order chi connectivity index (χ1) is 13.7. The Hall–Kier alpha value is -2.73. The molecule has 2 aliphatic heterocycles. The van der Waals surface area contributed by atoms with Crippen LogP contribution in [0.4, 0.5) is 4.79 Å². The standard InChI is InChI=1S/C22H27N3O3/c1-24(13-18-7-8-20-21(11-18)28-16-27-20)22(26)23-12-19-9-10-25(15-19)14-17-5-3-2-4-6-17/h2-8,11,19H,9-10,12-16H2,1H3,(H,23,26)/t19-/m1/s1. The van der Waals surface area contributed by atoms with Gasteiger partial charge in [0.05, 0.1) is 0 Å². The Bertz CT molecular complexity index is 812. The van der Waals surface area contributed by atoms with Crippen molar-refractivity contribution in [2.45, 2.75) is 19.5 Å². The molecule has 0 unspecified atom stereocenters. The number of likely N-dealkylation sites (tertiary alicyclic amines) is 1. The van der Waals surface area contributed by atoms with Gasteiger partial charge in [-0.2, -0.15) is 0 Å². The fraction of sp³-hybridized carbons (Fsp3) is 0.409. The van der Waals surface area contributed by atoms with E-state index in [0.717, 1.165) is 49.7 Å². The molecule has 6 nitrogen and oxygen atoms in total. The zero-order chi connectivity index (χ0) is 19.3. The van der Waals surface area contributed by atoms with Gasteiger partial charge in [-0.1, -0.05) is 36.4 Å². The Morgan fingerprint density at radius 3 is 2.82 bits per heavy atom. The fourth-order valence-electron chi connectivity index (χ4n) is 3.82. The number of rotatable bonds is 6. The average molecular weight is 381 g/mol. The highest BCUT2D eigenvalue weighted by molar-refractivity contribution is 5.73. The van der Waals surface area contributed by atoms with E-state index in [0.29, 0.717) is 12.5 Å². The maximum Gasteiger partial charge on any atom is 0.317 e. The van der Waals surface area contributed by atoms with E-state index in [-0.39, 0.29) is 12.8 Å². The number of carbonyl (C=O) groups is 1. The van der Waals surface area contributed by atoms with Gasteiger partial charge in [0.1, 0.15) is 0 Å². The second kappa shape index (κ2) is 8.52. The minimum absolute atomic E-state index is 0.0424. The maximum atomic E-state index is 12.5. The molecule has 2 aliphatic rings. The van der Waals surface area contributed by atoms with E-state index >= 15 is 0 Å². The highest BCUT2D eigenvalue weighted by Gasteiger charge is 2.23. The Morgan fingerprint density at radius 1 is 1.14 bits per heavy atom. The number of benzene rings is 2. The molecule has 1 fully saturated rings. The summed E-state index contributed by atoms with van der Waals surface area (Å²) in [6, 6.07) is 16.3. The number of urea groups is 1. The van der Waals surface area contributed by atoms with Crippen LogP contribution < -0.4 is 14.8 Å². The van der Waals surface area contributed by atoms with Crippen molar-refractivity contribution >= 4 is 6.03 Å². The predicted molar refractivity (Wildman–Crippen MR) is 107 cm³/mol. The first-order valence-electron chi connectivity index (χ1n) is 9.81. The lowest BCUT2D eigenvalue weighted by Gasteiger charge is -2.20. The number of carbonyl (C=O) groups excluding carboxylic acids is 1. The molecule has 0 aliphatic carbocycles. The van der Waals surface area contributed by atoms with E-state index in [2.05, 4.69) is 34.5 Å². The SMILES string of the molecule is CN(Cc1ccc2c(c1)OCO2)C(=O)NC[C@H]1CCN(Cc2ccccc2)C1. The fourth-order valence-corrected chi connectivity index (χ4v) is 3.82. The number of ether oxygens (including phenoxy) is 2. The van der Waals surface area contributed by atoms with Crippen LogP contribution in [0.15, 0.2) is 48.5 Å². The third-order valence-electron chi connectivity index (χ3n) is 5.36. The van der Waals surface area contributed by atoms with Gasteiger partial charge >= 0.3 is 6.03 Å². The van der Waals surface area contributed by atoms with Gasteiger partial charge in [0, 0.05) is 33.2 Å². The maximum absolute atomic E-state index is 12.5. The molecule has 2 aromatic rings. The Kier molecular flexibility index (Phi) is 5.67. The van der Waals surface area contributed by atoms with Gasteiger partial charge in [0.15, 0.2) is 11.5 Å². The molecule has 148 valence electrons. The third kappa shape index (κ3) is 4.57. The highest BCUT2D eigenvalue weighted by atomic mass is 16.7. The smallest absolute Gasteiger partial charge is 0.317 e. The van der Waals surface area contributed by atoms with Crippen molar-refractivity contribution in [1.82, 2.24) is 15.1 Å². The normalized spacial score (nSPS) is 18.2. The Labute approximate surface area is 166 Å². The summed E-state index contributed by atoms with van der Waals surface area (Å²) in [5.41, 5.74) is 2.37. The Morgan fingerprint density at radius 2 is 1.96 bits per heavy atom. The first-order valence-corrected chi connectivity index (χ1v) is 9.81. The number of hydrogen-bond acceptors (Lipinski definition) is 4. The summed E-state index contributed by atoms with van der Waals surface area (Å²) >= 11 is 0. The molecule has 1 atom stereocenters. The molecular weight excluding hydrogens is 354 g/mol. The van der Waals surface area contributed by atoms with Gasteiger partial charge in [-0.25, -0.2) is 4.79 Å². The van der Waals surface area contributed by atoms with Crippen molar-refractivity contribution in [1.29, 1.82) is 0 Å². The molecule has 0 radical (unpaired) electrons. The van der Waals surface area contributed by atoms with Crippen LogP contribution in [0.25, 0.3) is 0 Å². The summed E-state index contributed by atoms with van der Waals surface area (Å²) in [6.07, 6.45) is 1.12. The number of nitrogens with one attached hydrogen (secondary N) is 1. The monoisotopic (exact) mass is 381 g/mol. The van der Waals surface area contributed by atoms with E-state index in [1.54, 1.807) is 4.90 Å². The Balaban J connectivity index is 1.21. The molecule has 1 N–H and O–H groups in total. The molecule has 2 aromatic carbocycles. The topological polar surface area (TPSA) is 54.0 Å². The molecule has 0 spiro atoms. The van der Waals surface area contributed by atoms with Crippen LogP contribution in [-0.4, -0.2) is 49.3 Å². The predicted octanol–water partition coefficient (Wildman–Crippen LogP) is 3.08. The largest absolute Gasteiger partial charge is 0.454 e. The van der Waals surface area contributed by atoms with Crippen molar-refractivity contribution in [3.05, 3.63) is 59.7 Å². The molecular formula is C22H27N3O3. The molecule has 28 heavy (non-hydrogen) atoms. The molecule has 2 heterocycles. The summed E-state index contributed by atoms with van der Waals surface area (Å²) in [5, 5.41) is 3.09. The van der Waals surface area contributed by atoms with Gasteiger partial charge < -0.3 is 19.7 Å². The molecule has 1 saturated heterocycles. The molecule has 4 rings (SSSR count). The summed E-state index contributed by atoms with van der Waals surface area (Å²) in [6.45, 7) is 4.61. The number of amides is 2. The van der Waals surface area contributed by atoms with Gasteiger partial charge in [-0.05, 0) is 42.1 Å².